The molecule has 1 aromatic carbocycles. The van der Waals surface area contributed by atoms with Gasteiger partial charge < -0.3 is 5.32 Å². The monoisotopic (exact) mass is 309 g/mol. The molecule has 7 heteroatoms. The summed E-state index contributed by atoms with van der Waals surface area (Å²) in [6.45, 7) is 7.68. The Bertz CT molecular complexity index is 584. The van der Waals surface area contributed by atoms with Gasteiger partial charge in [0.25, 0.3) is 0 Å². The zero-order valence-electron chi connectivity index (χ0n) is 12.5. The van der Waals surface area contributed by atoms with Crippen molar-refractivity contribution in [1.82, 2.24) is 25.5 Å². The Morgan fingerprint density at radius 3 is 2.90 bits per heavy atom. The highest BCUT2D eigenvalue weighted by atomic mass is 32.2. The van der Waals surface area contributed by atoms with Crippen LogP contribution in [0.15, 0.2) is 23.4 Å². The zero-order valence-corrected chi connectivity index (χ0v) is 13.3. The molecule has 0 spiro atoms. The Labute approximate surface area is 128 Å². The average Bonchev–Trinajstić information content (AvgIpc) is 2.85. The summed E-state index contributed by atoms with van der Waals surface area (Å²) in [7, 11) is 0. The molecule has 21 heavy (non-hydrogen) atoms. The van der Waals surface area contributed by atoms with Crippen LogP contribution in [0.25, 0.3) is 0 Å². The number of halogens is 1. The molecule has 0 amide bonds. The first-order chi connectivity index (χ1) is 10.1. The van der Waals surface area contributed by atoms with E-state index in [-0.39, 0.29) is 5.82 Å². The molecule has 1 heterocycles. The van der Waals surface area contributed by atoms with E-state index in [1.807, 2.05) is 13.0 Å². The van der Waals surface area contributed by atoms with Crippen molar-refractivity contribution in [3.05, 3.63) is 35.1 Å². The van der Waals surface area contributed by atoms with Crippen LogP contribution in [0.4, 0.5) is 4.39 Å². The number of aryl methyl sites for hydroxylation is 1. The highest BCUT2D eigenvalue weighted by Gasteiger charge is 2.08. The summed E-state index contributed by atoms with van der Waals surface area (Å²) in [5, 5.41) is 15.9. The first kappa shape index (κ1) is 15.9. The van der Waals surface area contributed by atoms with Crippen molar-refractivity contribution in [3.8, 4) is 0 Å². The summed E-state index contributed by atoms with van der Waals surface area (Å²) in [4.78, 5) is 0. The van der Waals surface area contributed by atoms with Gasteiger partial charge in [0.05, 0.1) is 6.54 Å². The van der Waals surface area contributed by atoms with Crippen LogP contribution in [0.3, 0.4) is 0 Å². The average molecular weight is 309 g/mol. The van der Waals surface area contributed by atoms with E-state index in [4.69, 9.17) is 0 Å². The molecule has 0 aliphatic carbocycles. The van der Waals surface area contributed by atoms with Gasteiger partial charge in [0, 0.05) is 18.3 Å². The molecule has 0 aliphatic rings. The number of nitrogens with zero attached hydrogens (tertiary/aromatic N) is 4. The van der Waals surface area contributed by atoms with Crippen LogP contribution in [0.1, 0.15) is 25.0 Å². The maximum atomic E-state index is 13.1. The number of hydrogen-bond donors (Lipinski definition) is 1. The maximum absolute atomic E-state index is 13.1. The van der Waals surface area contributed by atoms with Crippen molar-refractivity contribution in [2.24, 2.45) is 0 Å². The van der Waals surface area contributed by atoms with Crippen LogP contribution in [0.2, 0.25) is 0 Å². The molecule has 0 atom stereocenters. The third-order valence-electron chi connectivity index (χ3n) is 3.04. The zero-order chi connectivity index (χ0) is 15.2. The molecule has 0 radical (unpaired) electrons. The van der Waals surface area contributed by atoms with Gasteiger partial charge in [-0.25, -0.2) is 9.07 Å². The van der Waals surface area contributed by atoms with Crippen molar-refractivity contribution in [3.63, 3.8) is 0 Å². The lowest BCUT2D eigenvalue weighted by Gasteiger charge is -2.09. The number of aromatic nitrogens is 4. The molecule has 1 N–H and O–H groups in total. The predicted molar refractivity (Wildman–Crippen MR) is 81.7 cm³/mol. The number of rotatable bonds is 7. The molecule has 0 saturated heterocycles. The molecule has 114 valence electrons. The first-order valence-corrected chi connectivity index (χ1v) is 7.92. The van der Waals surface area contributed by atoms with Crippen LogP contribution < -0.4 is 5.32 Å². The predicted octanol–water partition coefficient (Wildman–Crippen LogP) is 2.41. The van der Waals surface area contributed by atoms with Gasteiger partial charge in [-0.3, -0.25) is 0 Å². The normalized spacial score (nSPS) is 11.3. The molecule has 5 nitrogen and oxygen atoms in total. The highest BCUT2D eigenvalue weighted by molar-refractivity contribution is 7.98. The van der Waals surface area contributed by atoms with Gasteiger partial charge in [-0.1, -0.05) is 31.7 Å². The van der Waals surface area contributed by atoms with E-state index in [0.717, 1.165) is 35.1 Å². The van der Waals surface area contributed by atoms with E-state index in [9.17, 15) is 4.39 Å². The van der Waals surface area contributed by atoms with Crippen LogP contribution >= 0.6 is 11.8 Å². The standard InChI is InChI=1S/C14H20FN5S/c1-10(2)16-6-7-20-14(17-18-19-20)21-9-12-4-5-13(15)8-11(12)3/h4-5,8,10,16H,6-7,9H2,1-3H3. The van der Waals surface area contributed by atoms with Crippen molar-refractivity contribution in [2.45, 2.75) is 44.3 Å². The van der Waals surface area contributed by atoms with Crippen molar-refractivity contribution in [1.29, 1.82) is 0 Å². The lowest BCUT2D eigenvalue weighted by molar-refractivity contribution is 0.485. The minimum Gasteiger partial charge on any atom is -0.313 e. The number of tetrazole rings is 1. The van der Waals surface area contributed by atoms with Gasteiger partial charge in [0.15, 0.2) is 0 Å². The first-order valence-electron chi connectivity index (χ1n) is 6.93. The van der Waals surface area contributed by atoms with Gasteiger partial charge in [0.2, 0.25) is 5.16 Å². The minimum absolute atomic E-state index is 0.203. The highest BCUT2D eigenvalue weighted by Crippen LogP contribution is 2.22. The van der Waals surface area contributed by atoms with Gasteiger partial charge in [-0.05, 0) is 40.6 Å². The molecule has 0 unspecified atom stereocenters. The van der Waals surface area contributed by atoms with Crippen molar-refractivity contribution < 1.29 is 4.39 Å². The van der Waals surface area contributed by atoms with Crippen LogP contribution in [-0.2, 0) is 12.3 Å². The fraction of sp³-hybridized carbons (Fsp3) is 0.500. The van der Waals surface area contributed by atoms with Crippen LogP contribution in [0.5, 0.6) is 0 Å². The smallest absolute Gasteiger partial charge is 0.209 e. The molecular formula is C14H20FN5S. The van der Waals surface area contributed by atoms with E-state index >= 15 is 0 Å². The Hall–Kier alpha value is -1.47. The number of nitrogens with one attached hydrogen (secondary N) is 1. The molecular weight excluding hydrogens is 289 g/mol. The number of hydrogen-bond acceptors (Lipinski definition) is 5. The molecule has 0 saturated carbocycles. The van der Waals surface area contributed by atoms with Crippen LogP contribution in [-0.4, -0.2) is 32.8 Å². The minimum atomic E-state index is -0.203. The summed E-state index contributed by atoms with van der Waals surface area (Å²) in [5.41, 5.74) is 2.04. The second-order valence-electron chi connectivity index (χ2n) is 5.15. The van der Waals surface area contributed by atoms with Gasteiger partial charge in [-0.2, -0.15) is 0 Å². The number of thioether (sulfide) groups is 1. The van der Waals surface area contributed by atoms with Crippen molar-refractivity contribution >= 4 is 11.8 Å². The van der Waals surface area contributed by atoms with Gasteiger partial charge in [-0.15, -0.1) is 5.10 Å². The second kappa shape index (κ2) is 7.51. The van der Waals surface area contributed by atoms with Gasteiger partial charge in [0.1, 0.15) is 5.82 Å². The van der Waals surface area contributed by atoms with Crippen LogP contribution in [0, 0.1) is 12.7 Å². The quantitative estimate of drug-likeness (QED) is 0.796. The summed E-state index contributed by atoms with van der Waals surface area (Å²) >= 11 is 1.56. The summed E-state index contributed by atoms with van der Waals surface area (Å²) in [6.07, 6.45) is 0. The second-order valence-corrected chi connectivity index (χ2v) is 6.10. The largest absolute Gasteiger partial charge is 0.313 e. The summed E-state index contributed by atoms with van der Waals surface area (Å²) < 4.78 is 14.9. The van der Waals surface area contributed by atoms with Gasteiger partial charge >= 0.3 is 0 Å². The van der Waals surface area contributed by atoms with Crippen molar-refractivity contribution in [2.75, 3.05) is 6.54 Å². The Balaban J connectivity index is 1.92. The summed E-state index contributed by atoms with van der Waals surface area (Å²) in [6, 6.07) is 5.29. The lowest BCUT2D eigenvalue weighted by Crippen LogP contribution is -2.27. The maximum Gasteiger partial charge on any atom is 0.209 e. The van der Waals surface area contributed by atoms with E-state index in [1.54, 1.807) is 22.5 Å². The SMILES string of the molecule is Cc1cc(F)ccc1CSc1nnnn1CCNC(C)C. The van der Waals surface area contributed by atoms with E-state index < -0.39 is 0 Å². The fourth-order valence-electron chi connectivity index (χ4n) is 1.86. The molecule has 1 aromatic heterocycles. The Morgan fingerprint density at radius 1 is 1.38 bits per heavy atom. The Kier molecular flexibility index (Phi) is 5.69. The molecule has 2 aromatic rings. The lowest BCUT2D eigenvalue weighted by atomic mass is 10.1. The molecule has 0 fully saturated rings. The Morgan fingerprint density at radius 2 is 2.19 bits per heavy atom. The topological polar surface area (TPSA) is 55.6 Å². The van der Waals surface area contributed by atoms with E-state index in [2.05, 4.69) is 34.7 Å². The van der Waals surface area contributed by atoms with E-state index in [0.29, 0.717) is 6.04 Å². The third kappa shape index (κ3) is 4.78. The number of benzene rings is 1. The fourth-order valence-corrected chi connectivity index (χ4v) is 2.84. The molecule has 0 aliphatic heterocycles. The molecule has 0 bridgehead atoms. The molecule has 2 rings (SSSR count). The summed E-state index contributed by atoms with van der Waals surface area (Å²) in [5.74, 6) is 0.523. The van der Waals surface area contributed by atoms with E-state index in [1.165, 1.54) is 6.07 Å². The third-order valence-corrected chi connectivity index (χ3v) is 4.04.